The zero-order valence-electron chi connectivity index (χ0n) is 7.96. The number of hydrogen-bond donors (Lipinski definition) is 2. The normalized spacial score (nSPS) is 11.8. The lowest BCUT2D eigenvalue weighted by atomic mass is 10.4. The SMILES string of the molecule is CSC(C)CNCC(=O)NCC#N. The van der Waals surface area contributed by atoms with Crippen molar-refractivity contribution in [3.63, 3.8) is 0 Å². The molecule has 0 saturated heterocycles. The van der Waals surface area contributed by atoms with Crippen LogP contribution in [0.25, 0.3) is 0 Å². The largest absolute Gasteiger partial charge is 0.342 e. The van der Waals surface area contributed by atoms with E-state index in [1.807, 2.05) is 12.3 Å². The summed E-state index contributed by atoms with van der Waals surface area (Å²) in [5.41, 5.74) is 0. The van der Waals surface area contributed by atoms with Crippen molar-refractivity contribution in [1.29, 1.82) is 5.26 Å². The van der Waals surface area contributed by atoms with E-state index in [1.165, 1.54) is 0 Å². The zero-order chi connectivity index (χ0) is 10.1. The first-order valence-corrected chi connectivity index (χ1v) is 5.36. The first-order valence-electron chi connectivity index (χ1n) is 4.08. The molecule has 74 valence electrons. The third kappa shape index (κ3) is 7.62. The van der Waals surface area contributed by atoms with E-state index in [4.69, 9.17) is 5.26 Å². The van der Waals surface area contributed by atoms with Crippen LogP contribution in [0.4, 0.5) is 0 Å². The Hall–Kier alpha value is -0.730. The fourth-order valence-corrected chi connectivity index (χ4v) is 0.957. The van der Waals surface area contributed by atoms with Crippen LogP contribution in [0.15, 0.2) is 0 Å². The summed E-state index contributed by atoms with van der Waals surface area (Å²) in [6.07, 6.45) is 2.03. The summed E-state index contributed by atoms with van der Waals surface area (Å²) >= 11 is 1.75. The Bertz CT molecular complexity index is 190. The molecule has 0 bridgehead atoms. The molecule has 0 aliphatic rings. The van der Waals surface area contributed by atoms with Crippen molar-refractivity contribution in [3.05, 3.63) is 0 Å². The summed E-state index contributed by atoms with van der Waals surface area (Å²) in [6, 6.07) is 1.85. The van der Waals surface area contributed by atoms with Gasteiger partial charge in [0.15, 0.2) is 0 Å². The van der Waals surface area contributed by atoms with Gasteiger partial charge in [0.1, 0.15) is 6.54 Å². The fourth-order valence-electron chi connectivity index (χ4n) is 0.673. The molecule has 4 nitrogen and oxygen atoms in total. The van der Waals surface area contributed by atoms with E-state index in [0.717, 1.165) is 6.54 Å². The summed E-state index contributed by atoms with van der Waals surface area (Å²) in [7, 11) is 0. The number of carbonyl (C=O) groups is 1. The first-order chi connectivity index (χ1) is 6.20. The van der Waals surface area contributed by atoms with Gasteiger partial charge in [0.05, 0.1) is 12.6 Å². The molecular formula is C8H15N3OS. The highest BCUT2D eigenvalue weighted by molar-refractivity contribution is 7.99. The van der Waals surface area contributed by atoms with Gasteiger partial charge in [0, 0.05) is 11.8 Å². The minimum absolute atomic E-state index is 0.0819. The van der Waals surface area contributed by atoms with Crippen molar-refractivity contribution in [1.82, 2.24) is 10.6 Å². The van der Waals surface area contributed by atoms with Crippen molar-refractivity contribution in [2.75, 3.05) is 25.9 Å². The second-order valence-electron chi connectivity index (χ2n) is 2.61. The van der Waals surface area contributed by atoms with Crippen LogP contribution in [-0.4, -0.2) is 37.0 Å². The summed E-state index contributed by atoms with van der Waals surface area (Å²) in [4.78, 5) is 10.9. The molecule has 0 fully saturated rings. The Morgan fingerprint density at radius 3 is 2.92 bits per heavy atom. The van der Waals surface area contributed by atoms with Crippen molar-refractivity contribution < 1.29 is 4.79 Å². The minimum atomic E-state index is -0.130. The lowest BCUT2D eigenvalue weighted by Gasteiger charge is -2.08. The predicted molar refractivity (Wildman–Crippen MR) is 54.5 cm³/mol. The van der Waals surface area contributed by atoms with Crippen molar-refractivity contribution in [3.8, 4) is 6.07 Å². The molecule has 0 aromatic carbocycles. The van der Waals surface area contributed by atoms with E-state index in [9.17, 15) is 4.79 Å². The lowest BCUT2D eigenvalue weighted by molar-refractivity contribution is -0.120. The van der Waals surface area contributed by atoms with Gasteiger partial charge in [-0.2, -0.15) is 17.0 Å². The number of carbonyl (C=O) groups excluding carboxylic acids is 1. The maximum Gasteiger partial charge on any atom is 0.234 e. The van der Waals surface area contributed by atoms with Crippen LogP contribution in [0.1, 0.15) is 6.92 Å². The standard InChI is InChI=1S/C8H15N3OS/c1-7(13-2)5-10-6-8(12)11-4-3-9/h7,10H,4-6H2,1-2H3,(H,11,12). The number of nitriles is 1. The first kappa shape index (κ1) is 12.3. The molecule has 0 spiro atoms. The van der Waals surface area contributed by atoms with Gasteiger partial charge in [0.25, 0.3) is 0 Å². The van der Waals surface area contributed by atoms with Crippen LogP contribution in [-0.2, 0) is 4.79 Å². The van der Waals surface area contributed by atoms with Crippen molar-refractivity contribution in [2.45, 2.75) is 12.2 Å². The number of amides is 1. The predicted octanol–water partition coefficient (Wildman–Crippen LogP) is -0.0327. The zero-order valence-corrected chi connectivity index (χ0v) is 8.78. The van der Waals surface area contributed by atoms with E-state index in [1.54, 1.807) is 11.8 Å². The molecule has 1 unspecified atom stereocenters. The maximum absolute atomic E-state index is 10.9. The highest BCUT2D eigenvalue weighted by Gasteiger charge is 2.01. The van der Waals surface area contributed by atoms with Gasteiger partial charge in [-0.05, 0) is 6.26 Å². The van der Waals surface area contributed by atoms with Crippen LogP contribution < -0.4 is 10.6 Å². The van der Waals surface area contributed by atoms with E-state index < -0.39 is 0 Å². The highest BCUT2D eigenvalue weighted by Crippen LogP contribution is 2.01. The topological polar surface area (TPSA) is 64.9 Å². The molecule has 13 heavy (non-hydrogen) atoms. The fraction of sp³-hybridized carbons (Fsp3) is 0.750. The van der Waals surface area contributed by atoms with Crippen molar-refractivity contribution >= 4 is 17.7 Å². The second kappa shape index (κ2) is 7.90. The van der Waals surface area contributed by atoms with Gasteiger partial charge in [-0.15, -0.1) is 0 Å². The van der Waals surface area contributed by atoms with E-state index >= 15 is 0 Å². The number of rotatable bonds is 6. The number of nitrogens with one attached hydrogen (secondary N) is 2. The molecule has 0 aliphatic heterocycles. The maximum atomic E-state index is 10.9. The quantitative estimate of drug-likeness (QED) is 0.592. The van der Waals surface area contributed by atoms with Gasteiger partial charge in [-0.1, -0.05) is 6.92 Å². The van der Waals surface area contributed by atoms with Crippen LogP contribution >= 0.6 is 11.8 Å². The molecule has 0 aromatic heterocycles. The van der Waals surface area contributed by atoms with E-state index in [2.05, 4.69) is 17.6 Å². The lowest BCUT2D eigenvalue weighted by Crippen LogP contribution is -2.36. The van der Waals surface area contributed by atoms with Gasteiger partial charge >= 0.3 is 0 Å². The van der Waals surface area contributed by atoms with Crippen molar-refractivity contribution in [2.24, 2.45) is 0 Å². The Labute approximate surface area is 83.1 Å². The minimum Gasteiger partial charge on any atom is -0.342 e. The summed E-state index contributed by atoms with van der Waals surface area (Å²) in [5, 5.41) is 14.1. The molecule has 0 rings (SSSR count). The van der Waals surface area contributed by atoms with E-state index in [-0.39, 0.29) is 19.0 Å². The molecule has 0 aromatic rings. The second-order valence-corrected chi connectivity index (χ2v) is 3.89. The number of hydrogen-bond acceptors (Lipinski definition) is 4. The van der Waals surface area contributed by atoms with Gasteiger partial charge in [0.2, 0.25) is 5.91 Å². The molecule has 0 radical (unpaired) electrons. The van der Waals surface area contributed by atoms with E-state index in [0.29, 0.717) is 5.25 Å². The molecule has 1 amide bonds. The van der Waals surface area contributed by atoms with Gasteiger partial charge in [-0.25, -0.2) is 0 Å². The van der Waals surface area contributed by atoms with Crippen LogP contribution in [0.5, 0.6) is 0 Å². The number of nitrogens with zero attached hydrogens (tertiary/aromatic N) is 1. The smallest absolute Gasteiger partial charge is 0.234 e. The van der Waals surface area contributed by atoms with Crippen LogP contribution in [0, 0.1) is 11.3 Å². The summed E-state index contributed by atoms with van der Waals surface area (Å²) in [5.74, 6) is -0.130. The molecule has 2 N–H and O–H groups in total. The average molecular weight is 201 g/mol. The highest BCUT2D eigenvalue weighted by atomic mass is 32.2. The third-order valence-electron chi connectivity index (χ3n) is 1.48. The summed E-state index contributed by atoms with van der Waals surface area (Å²) < 4.78 is 0. The molecule has 1 atom stereocenters. The van der Waals surface area contributed by atoms with Crippen LogP contribution in [0.2, 0.25) is 0 Å². The molecular weight excluding hydrogens is 186 g/mol. The Balaban J connectivity index is 3.32. The molecule has 0 heterocycles. The number of thioether (sulfide) groups is 1. The Morgan fingerprint density at radius 2 is 2.38 bits per heavy atom. The Kier molecular flexibility index (Phi) is 7.45. The Morgan fingerprint density at radius 1 is 1.69 bits per heavy atom. The monoisotopic (exact) mass is 201 g/mol. The third-order valence-corrected chi connectivity index (χ3v) is 2.46. The molecule has 5 heteroatoms. The average Bonchev–Trinajstić information content (AvgIpc) is 2.14. The van der Waals surface area contributed by atoms with Crippen LogP contribution in [0.3, 0.4) is 0 Å². The molecule has 0 aliphatic carbocycles. The molecule has 0 saturated carbocycles. The van der Waals surface area contributed by atoms with Gasteiger partial charge in [-0.3, -0.25) is 4.79 Å². The van der Waals surface area contributed by atoms with Gasteiger partial charge < -0.3 is 10.6 Å². The summed E-state index contributed by atoms with van der Waals surface area (Å²) in [6.45, 7) is 3.26.